The Kier molecular flexibility index (Phi) is 3.39. The molecule has 0 N–H and O–H groups in total. The van der Waals surface area contributed by atoms with Crippen LogP contribution in [-0.2, 0) is 0 Å². The Morgan fingerprint density at radius 1 is 1.58 bits per heavy atom. The highest BCUT2D eigenvalue weighted by Gasteiger charge is 2.08. The summed E-state index contributed by atoms with van der Waals surface area (Å²) in [5, 5.41) is 0. The molecule has 0 aromatic carbocycles. The van der Waals surface area contributed by atoms with Crippen LogP contribution >= 0.6 is 0 Å². The van der Waals surface area contributed by atoms with Crippen molar-refractivity contribution in [3.8, 4) is 0 Å². The normalized spacial score (nSPS) is 24.8. The van der Waals surface area contributed by atoms with E-state index in [-0.39, 0.29) is 0 Å². The number of hydrogen-bond donors (Lipinski definition) is 0. The van der Waals surface area contributed by atoms with Gasteiger partial charge in [0, 0.05) is 13.1 Å². The maximum Gasteiger partial charge on any atom is 0.0312 e. The third kappa shape index (κ3) is 2.40. The summed E-state index contributed by atoms with van der Waals surface area (Å²) in [5.41, 5.74) is 1.50. The lowest BCUT2D eigenvalue weighted by Crippen LogP contribution is -2.26. The van der Waals surface area contributed by atoms with Gasteiger partial charge in [-0.15, -0.1) is 0 Å². The van der Waals surface area contributed by atoms with Gasteiger partial charge in [0.25, 0.3) is 0 Å². The Balaban J connectivity index is 2.64. The number of allylic oxidation sites excluding steroid dienone is 2. The van der Waals surface area contributed by atoms with Crippen LogP contribution in [0.5, 0.6) is 0 Å². The van der Waals surface area contributed by atoms with Crippen molar-refractivity contribution < 1.29 is 0 Å². The van der Waals surface area contributed by atoms with Crippen LogP contribution in [0.4, 0.5) is 0 Å². The average Bonchev–Trinajstić information content (AvgIpc) is 2.03. The Morgan fingerprint density at radius 2 is 2.33 bits per heavy atom. The van der Waals surface area contributed by atoms with Crippen LogP contribution in [0.3, 0.4) is 0 Å². The first kappa shape index (κ1) is 9.37. The van der Waals surface area contributed by atoms with E-state index < -0.39 is 0 Å². The molecule has 1 heteroatoms. The van der Waals surface area contributed by atoms with E-state index in [4.69, 9.17) is 0 Å². The fourth-order valence-corrected chi connectivity index (χ4v) is 1.57. The fraction of sp³-hybridized carbons (Fsp3) is 0.636. The maximum absolute atomic E-state index is 2.37. The van der Waals surface area contributed by atoms with Crippen molar-refractivity contribution in [2.24, 2.45) is 0 Å². The van der Waals surface area contributed by atoms with Gasteiger partial charge in [-0.2, -0.15) is 0 Å². The molecule has 0 aromatic rings. The molecule has 0 saturated heterocycles. The Morgan fingerprint density at radius 3 is 3.00 bits per heavy atom. The zero-order valence-corrected chi connectivity index (χ0v) is 8.38. The maximum atomic E-state index is 2.37. The molecule has 0 amide bonds. The van der Waals surface area contributed by atoms with E-state index in [9.17, 15) is 0 Å². The molecule has 1 nitrogen and oxygen atoms in total. The van der Waals surface area contributed by atoms with Gasteiger partial charge >= 0.3 is 0 Å². The highest BCUT2D eigenvalue weighted by atomic mass is 15.1. The summed E-state index contributed by atoms with van der Waals surface area (Å²) in [4.78, 5) is 2.32. The first-order valence-corrected chi connectivity index (χ1v) is 4.78. The van der Waals surface area contributed by atoms with Crippen molar-refractivity contribution in [1.29, 1.82) is 0 Å². The summed E-state index contributed by atoms with van der Waals surface area (Å²) in [6.45, 7) is 4.46. The van der Waals surface area contributed by atoms with E-state index in [1.807, 2.05) is 0 Å². The van der Waals surface area contributed by atoms with Crippen LogP contribution in [0.2, 0.25) is 0 Å². The lowest BCUT2D eigenvalue weighted by molar-refractivity contribution is 0.319. The minimum atomic E-state index is 0.691. The molecule has 0 radical (unpaired) electrons. The lowest BCUT2D eigenvalue weighted by atomic mass is 10.0. The summed E-state index contributed by atoms with van der Waals surface area (Å²) in [5.74, 6) is 0. The van der Waals surface area contributed by atoms with Gasteiger partial charge in [-0.1, -0.05) is 24.6 Å². The molecule has 0 saturated carbocycles. The predicted octanol–water partition coefficient (Wildman–Crippen LogP) is 2.95. The van der Waals surface area contributed by atoms with Gasteiger partial charge < -0.3 is 4.90 Å². The molecule has 1 rings (SSSR count). The topological polar surface area (TPSA) is 3.24 Å². The standard InChI is InChI=1S/C11H19N/c1-4-11-8-7-10(2)6-5-9-12(11)3/h5,7,9,11H,4,6,8H2,1-3H3. The second-order valence-corrected chi connectivity index (χ2v) is 3.60. The third-order valence-corrected chi connectivity index (χ3v) is 2.57. The van der Waals surface area contributed by atoms with Crippen LogP contribution < -0.4 is 0 Å². The SMILES string of the molecule is CCC1CC=C(C)CC=CN1C. The zero-order valence-electron chi connectivity index (χ0n) is 8.38. The molecular formula is C11H19N. The number of hydrogen-bond acceptors (Lipinski definition) is 1. The summed E-state index contributed by atoms with van der Waals surface area (Å²) in [6.07, 6.45) is 10.4. The summed E-state index contributed by atoms with van der Waals surface area (Å²) in [7, 11) is 2.17. The second kappa shape index (κ2) is 4.34. The molecule has 1 unspecified atom stereocenters. The minimum Gasteiger partial charge on any atom is -0.377 e. The zero-order chi connectivity index (χ0) is 8.97. The van der Waals surface area contributed by atoms with Gasteiger partial charge in [0.15, 0.2) is 0 Å². The summed E-state index contributed by atoms with van der Waals surface area (Å²) in [6, 6.07) is 0.691. The molecule has 0 aliphatic carbocycles. The first-order chi connectivity index (χ1) is 5.74. The highest BCUT2D eigenvalue weighted by molar-refractivity contribution is 5.07. The molecule has 0 fully saturated rings. The van der Waals surface area contributed by atoms with Crippen molar-refractivity contribution in [3.63, 3.8) is 0 Å². The largest absolute Gasteiger partial charge is 0.377 e. The molecule has 0 aromatic heterocycles. The molecule has 68 valence electrons. The van der Waals surface area contributed by atoms with Crippen LogP contribution in [0.15, 0.2) is 23.9 Å². The molecule has 1 aliphatic rings. The van der Waals surface area contributed by atoms with Crippen LogP contribution in [0.1, 0.15) is 33.1 Å². The minimum absolute atomic E-state index is 0.691. The van der Waals surface area contributed by atoms with Gasteiger partial charge in [0.05, 0.1) is 0 Å². The van der Waals surface area contributed by atoms with Gasteiger partial charge in [-0.3, -0.25) is 0 Å². The van der Waals surface area contributed by atoms with E-state index >= 15 is 0 Å². The molecule has 0 bridgehead atoms. The number of rotatable bonds is 1. The fourth-order valence-electron chi connectivity index (χ4n) is 1.57. The summed E-state index contributed by atoms with van der Waals surface area (Å²) < 4.78 is 0. The molecule has 1 heterocycles. The van der Waals surface area contributed by atoms with Crippen molar-refractivity contribution in [2.45, 2.75) is 39.2 Å². The third-order valence-electron chi connectivity index (χ3n) is 2.57. The molecule has 1 aliphatic heterocycles. The summed E-state index contributed by atoms with van der Waals surface area (Å²) >= 11 is 0. The Bertz CT molecular complexity index is 191. The number of nitrogens with zero attached hydrogens (tertiary/aromatic N) is 1. The molecular weight excluding hydrogens is 146 g/mol. The van der Waals surface area contributed by atoms with E-state index in [1.54, 1.807) is 0 Å². The lowest BCUT2D eigenvalue weighted by Gasteiger charge is -2.26. The van der Waals surface area contributed by atoms with Crippen molar-refractivity contribution in [1.82, 2.24) is 4.90 Å². The van der Waals surface area contributed by atoms with Crippen LogP contribution in [0, 0.1) is 0 Å². The monoisotopic (exact) mass is 165 g/mol. The van der Waals surface area contributed by atoms with Crippen LogP contribution in [-0.4, -0.2) is 18.0 Å². The van der Waals surface area contributed by atoms with E-state index in [1.165, 1.54) is 18.4 Å². The van der Waals surface area contributed by atoms with E-state index in [0.717, 1.165) is 6.42 Å². The first-order valence-electron chi connectivity index (χ1n) is 4.78. The van der Waals surface area contributed by atoms with Gasteiger partial charge in [0.2, 0.25) is 0 Å². The van der Waals surface area contributed by atoms with Crippen molar-refractivity contribution in [2.75, 3.05) is 7.05 Å². The van der Waals surface area contributed by atoms with Gasteiger partial charge in [0.1, 0.15) is 0 Å². The Labute approximate surface area is 75.8 Å². The van der Waals surface area contributed by atoms with Crippen molar-refractivity contribution in [3.05, 3.63) is 23.9 Å². The average molecular weight is 165 g/mol. The van der Waals surface area contributed by atoms with E-state index in [2.05, 4.69) is 44.1 Å². The molecule has 12 heavy (non-hydrogen) atoms. The van der Waals surface area contributed by atoms with Crippen molar-refractivity contribution >= 4 is 0 Å². The van der Waals surface area contributed by atoms with Gasteiger partial charge in [-0.25, -0.2) is 0 Å². The molecule has 1 atom stereocenters. The van der Waals surface area contributed by atoms with E-state index in [0.29, 0.717) is 6.04 Å². The Hall–Kier alpha value is -0.720. The predicted molar refractivity (Wildman–Crippen MR) is 54.0 cm³/mol. The smallest absolute Gasteiger partial charge is 0.0312 e. The quantitative estimate of drug-likeness (QED) is 0.540. The molecule has 0 spiro atoms. The highest BCUT2D eigenvalue weighted by Crippen LogP contribution is 2.14. The second-order valence-electron chi connectivity index (χ2n) is 3.60. The van der Waals surface area contributed by atoms with Gasteiger partial charge in [-0.05, 0) is 32.4 Å². The van der Waals surface area contributed by atoms with Crippen LogP contribution in [0.25, 0.3) is 0 Å².